The molecule has 2 fully saturated rings. The van der Waals surface area contributed by atoms with Crippen molar-refractivity contribution >= 4 is 23.3 Å². The van der Waals surface area contributed by atoms with Crippen LogP contribution in [0.3, 0.4) is 0 Å². The summed E-state index contributed by atoms with van der Waals surface area (Å²) in [4.78, 5) is 16.7. The third-order valence-corrected chi connectivity index (χ3v) is 6.58. The van der Waals surface area contributed by atoms with Crippen LogP contribution in [-0.4, -0.2) is 63.3 Å². The van der Waals surface area contributed by atoms with Crippen molar-refractivity contribution in [3.63, 3.8) is 0 Å². The normalized spacial score (nSPS) is 17.7. The van der Waals surface area contributed by atoms with E-state index in [9.17, 15) is 0 Å². The van der Waals surface area contributed by atoms with Crippen molar-refractivity contribution in [2.45, 2.75) is 32.6 Å². The van der Waals surface area contributed by atoms with Gasteiger partial charge in [0, 0.05) is 83.3 Å². The molecule has 0 saturated carbocycles. The Balaban J connectivity index is 0.00000289. The van der Waals surface area contributed by atoms with Gasteiger partial charge in [-0.25, -0.2) is 4.98 Å². The minimum Gasteiger partial charge on any atom is -0.371 e. The molecule has 0 aromatic carbocycles. The highest BCUT2D eigenvalue weighted by Gasteiger charge is 2.26. The van der Waals surface area contributed by atoms with E-state index < -0.39 is 0 Å². The van der Waals surface area contributed by atoms with Gasteiger partial charge in [0.25, 0.3) is 0 Å². The van der Waals surface area contributed by atoms with Gasteiger partial charge in [-0.2, -0.15) is 0 Å². The fourth-order valence-electron chi connectivity index (χ4n) is 4.94. The van der Waals surface area contributed by atoms with Crippen molar-refractivity contribution in [3.05, 3.63) is 47.4 Å². The molecular formula is C25H38N6. The second kappa shape index (κ2) is 9.27. The molecular weight excluding hydrogens is 384 g/mol. The SMILES string of the molecule is C=Cc1c(N2CCC(c3ncc(N4CCNCC4)cc3C)CC2)cc(C)nc1N(C)C.[HH]. The Labute approximate surface area is 188 Å². The van der Waals surface area contributed by atoms with Crippen molar-refractivity contribution < 1.29 is 1.43 Å². The molecule has 6 heteroatoms. The minimum atomic E-state index is 0. The van der Waals surface area contributed by atoms with Gasteiger partial charge in [-0.3, -0.25) is 4.98 Å². The Morgan fingerprint density at radius 3 is 2.42 bits per heavy atom. The van der Waals surface area contributed by atoms with Crippen molar-refractivity contribution in [2.24, 2.45) is 0 Å². The summed E-state index contributed by atoms with van der Waals surface area (Å²) in [7, 11) is 4.09. The maximum atomic E-state index is 4.95. The molecule has 2 aromatic heterocycles. The lowest BCUT2D eigenvalue weighted by atomic mass is 9.90. The molecule has 31 heavy (non-hydrogen) atoms. The van der Waals surface area contributed by atoms with E-state index >= 15 is 0 Å². The van der Waals surface area contributed by atoms with Crippen molar-refractivity contribution in [1.82, 2.24) is 15.3 Å². The zero-order chi connectivity index (χ0) is 22.0. The largest absolute Gasteiger partial charge is 0.371 e. The molecule has 2 aromatic rings. The summed E-state index contributed by atoms with van der Waals surface area (Å²) < 4.78 is 0. The summed E-state index contributed by atoms with van der Waals surface area (Å²) in [6.45, 7) is 14.7. The van der Waals surface area contributed by atoms with E-state index in [4.69, 9.17) is 9.97 Å². The molecule has 4 rings (SSSR count). The van der Waals surface area contributed by atoms with Gasteiger partial charge in [-0.15, -0.1) is 0 Å². The second-order valence-electron chi connectivity index (χ2n) is 9.01. The number of aryl methyl sites for hydroxylation is 2. The lowest BCUT2D eigenvalue weighted by Crippen LogP contribution is -2.43. The molecule has 168 valence electrons. The quantitative estimate of drug-likeness (QED) is 0.790. The molecule has 2 aliphatic rings. The van der Waals surface area contributed by atoms with Gasteiger partial charge in [0.05, 0.1) is 11.9 Å². The van der Waals surface area contributed by atoms with Crippen LogP contribution in [0, 0.1) is 13.8 Å². The second-order valence-corrected chi connectivity index (χ2v) is 9.01. The number of aromatic nitrogens is 2. The zero-order valence-electron chi connectivity index (χ0n) is 19.5. The van der Waals surface area contributed by atoms with Gasteiger partial charge in [0.1, 0.15) is 5.82 Å². The van der Waals surface area contributed by atoms with Crippen LogP contribution in [-0.2, 0) is 0 Å². The Kier molecular flexibility index (Phi) is 6.46. The lowest BCUT2D eigenvalue weighted by molar-refractivity contribution is 0.494. The van der Waals surface area contributed by atoms with E-state index in [0.717, 1.165) is 69.2 Å². The smallest absolute Gasteiger partial charge is 0.137 e. The third kappa shape index (κ3) is 4.54. The van der Waals surface area contributed by atoms with Crippen molar-refractivity contribution in [2.75, 3.05) is 68.1 Å². The predicted octanol–water partition coefficient (Wildman–Crippen LogP) is 3.84. The highest BCUT2D eigenvalue weighted by atomic mass is 15.2. The van der Waals surface area contributed by atoms with Crippen LogP contribution < -0.4 is 20.0 Å². The van der Waals surface area contributed by atoms with E-state index in [1.54, 1.807) is 0 Å². The molecule has 0 unspecified atom stereocenters. The monoisotopic (exact) mass is 422 g/mol. The van der Waals surface area contributed by atoms with Crippen LogP contribution in [0.1, 0.15) is 42.7 Å². The molecule has 0 amide bonds. The number of hydrogen-bond acceptors (Lipinski definition) is 6. The van der Waals surface area contributed by atoms with Gasteiger partial charge in [-0.05, 0) is 44.4 Å². The molecule has 0 spiro atoms. The Bertz CT molecular complexity index is 930. The van der Waals surface area contributed by atoms with E-state index in [1.165, 1.54) is 22.6 Å². The topological polar surface area (TPSA) is 47.5 Å². The molecule has 2 saturated heterocycles. The summed E-state index contributed by atoms with van der Waals surface area (Å²) in [6, 6.07) is 4.54. The summed E-state index contributed by atoms with van der Waals surface area (Å²) >= 11 is 0. The van der Waals surface area contributed by atoms with Crippen LogP contribution in [0.4, 0.5) is 17.2 Å². The maximum Gasteiger partial charge on any atom is 0.137 e. The molecule has 0 atom stereocenters. The third-order valence-electron chi connectivity index (χ3n) is 6.58. The van der Waals surface area contributed by atoms with Crippen molar-refractivity contribution in [1.29, 1.82) is 0 Å². The zero-order valence-corrected chi connectivity index (χ0v) is 19.5. The van der Waals surface area contributed by atoms with Gasteiger partial charge in [0.2, 0.25) is 0 Å². The van der Waals surface area contributed by atoms with E-state index in [-0.39, 0.29) is 1.43 Å². The van der Waals surface area contributed by atoms with Crippen LogP contribution in [0.5, 0.6) is 0 Å². The molecule has 2 aliphatic heterocycles. The Morgan fingerprint density at radius 2 is 1.81 bits per heavy atom. The van der Waals surface area contributed by atoms with Gasteiger partial charge >= 0.3 is 0 Å². The first-order chi connectivity index (χ1) is 15.0. The number of nitrogens with zero attached hydrogens (tertiary/aromatic N) is 5. The maximum absolute atomic E-state index is 4.95. The number of pyridine rings is 2. The Hall–Kier alpha value is -2.60. The van der Waals surface area contributed by atoms with E-state index in [1.807, 2.05) is 20.2 Å². The number of hydrogen-bond donors (Lipinski definition) is 1. The molecule has 0 bridgehead atoms. The van der Waals surface area contributed by atoms with Gasteiger partial charge < -0.3 is 20.0 Å². The Morgan fingerprint density at radius 1 is 1.10 bits per heavy atom. The number of piperazine rings is 1. The van der Waals surface area contributed by atoms with E-state index in [0.29, 0.717) is 5.92 Å². The number of rotatable bonds is 5. The average Bonchev–Trinajstić information content (AvgIpc) is 2.79. The summed E-state index contributed by atoms with van der Waals surface area (Å²) in [6.07, 6.45) is 6.28. The van der Waals surface area contributed by atoms with Crippen LogP contribution in [0.25, 0.3) is 6.08 Å². The lowest BCUT2D eigenvalue weighted by Gasteiger charge is -2.36. The first kappa shape index (κ1) is 21.6. The van der Waals surface area contributed by atoms with Crippen LogP contribution in [0.2, 0.25) is 0 Å². The summed E-state index contributed by atoms with van der Waals surface area (Å²) in [5.41, 5.74) is 7.30. The summed E-state index contributed by atoms with van der Waals surface area (Å²) in [5.74, 6) is 1.52. The van der Waals surface area contributed by atoms with Gasteiger partial charge in [0.15, 0.2) is 0 Å². The number of piperidine rings is 1. The minimum absolute atomic E-state index is 0. The number of nitrogens with one attached hydrogen (secondary N) is 1. The predicted molar refractivity (Wildman–Crippen MR) is 134 cm³/mol. The first-order valence-corrected chi connectivity index (χ1v) is 11.5. The standard InChI is InChI=1S/C25H36N6.H2/c1-6-22-23(16-19(3)28-25(22)29(4)5)31-11-7-20(8-12-31)24-18(2)15-21(17-27-24)30-13-9-26-10-14-30;/h6,15-17,20,26H,1,7-14H2,2-5H3;1H. The van der Waals surface area contributed by atoms with Crippen LogP contribution in [0.15, 0.2) is 24.9 Å². The van der Waals surface area contributed by atoms with Crippen molar-refractivity contribution in [3.8, 4) is 0 Å². The van der Waals surface area contributed by atoms with E-state index in [2.05, 4.69) is 58.8 Å². The first-order valence-electron chi connectivity index (χ1n) is 11.5. The molecule has 1 N–H and O–H groups in total. The molecule has 6 nitrogen and oxygen atoms in total. The number of anilines is 3. The fraction of sp³-hybridized carbons (Fsp3) is 0.520. The molecule has 0 radical (unpaired) electrons. The fourth-order valence-corrected chi connectivity index (χ4v) is 4.94. The van der Waals surface area contributed by atoms with Gasteiger partial charge in [-0.1, -0.05) is 12.7 Å². The molecule has 0 aliphatic carbocycles. The molecule has 4 heterocycles. The highest BCUT2D eigenvalue weighted by molar-refractivity contribution is 5.76. The summed E-state index contributed by atoms with van der Waals surface area (Å²) in [5, 5.41) is 3.42. The highest BCUT2D eigenvalue weighted by Crippen LogP contribution is 2.36. The van der Waals surface area contributed by atoms with Crippen LogP contribution >= 0.6 is 0 Å². The average molecular weight is 423 g/mol.